The first-order valence-electron chi connectivity index (χ1n) is 9.18. The van der Waals surface area contributed by atoms with Gasteiger partial charge in [0.25, 0.3) is 0 Å². The van der Waals surface area contributed by atoms with Gasteiger partial charge >= 0.3 is 0 Å². The summed E-state index contributed by atoms with van der Waals surface area (Å²) in [5.41, 5.74) is 6.97. The number of rotatable bonds is 8. The molecule has 2 N–H and O–H groups in total. The van der Waals surface area contributed by atoms with Crippen LogP contribution in [0.1, 0.15) is 23.1 Å². The van der Waals surface area contributed by atoms with E-state index < -0.39 is 0 Å². The van der Waals surface area contributed by atoms with Gasteiger partial charge in [-0.3, -0.25) is 0 Å². The van der Waals surface area contributed by atoms with E-state index in [4.69, 9.17) is 16.7 Å². The molecule has 0 bridgehead atoms. The lowest BCUT2D eigenvalue weighted by Crippen LogP contribution is -2.05. The molecular weight excluding hydrogens is 354 g/mol. The van der Waals surface area contributed by atoms with Gasteiger partial charge in [-0.25, -0.2) is 0 Å². The summed E-state index contributed by atoms with van der Waals surface area (Å²) in [7, 11) is 0. The molecule has 27 heavy (non-hydrogen) atoms. The fraction of sp³-hybridized carbons (Fsp3) is 0.167. The van der Waals surface area contributed by atoms with Crippen LogP contribution in [0.2, 0.25) is 0 Å². The zero-order valence-corrected chi connectivity index (χ0v) is 16.0. The lowest BCUT2D eigenvalue weighted by Gasteiger charge is -2.17. The summed E-state index contributed by atoms with van der Waals surface area (Å²) in [6, 6.07) is 29.2. The van der Waals surface area contributed by atoms with Gasteiger partial charge < -0.3 is 10.4 Å². The van der Waals surface area contributed by atoms with E-state index in [0.29, 0.717) is 12.4 Å². The van der Waals surface area contributed by atoms with E-state index in [1.165, 1.54) is 22.3 Å². The molecule has 138 valence electrons. The van der Waals surface area contributed by atoms with Gasteiger partial charge in [-0.15, -0.1) is 11.6 Å². The number of nitrogens with one attached hydrogen (secondary N) is 1. The molecule has 0 saturated carbocycles. The van der Waals surface area contributed by atoms with Crippen molar-refractivity contribution >= 4 is 28.4 Å². The van der Waals surface area contributed by atoms with Gasteiger partial charge in [0.05, 0.1) is 6.61 Å². The van der Waals surface area contributed by atoms with Gasteiger partial charge in [0.15, 0.2) is 0 Å². The molecule has 3 heteroatoms. The predicted molar refractivity (Wildman–Crippen MR) is 116 cm³/mol. The van der Waals surface area contributed by atoms with Crippen molar-refractivity contribution < 1.29 is 5.11 Å². The number of aliphatic hydroxyl groups excluding tert-OH is 1. The molecule has 3 rings (SSSR count). The molecule has 0 radical (unpaired) electrons. The first kappa shape index (κ1) is 19.2. The molecule has 0 spiro atoms. The molecular formula is C24H24ClNO. The minimum Gasteiger partial charge on any atom is -0.395 e. The summed E-state index contributed by atoms with van der Waals surface area (Å²) in [5, 5.41) is 12.2. The molecule has 3 aromatic rings. The number of halogens is 1. The molecule has 0 amide bonds. The second-order valence-corrected chi connectivity index (χ2v) is 6.63. The van der Waals surface area contributed by atoms with Crippen molar-refractivity contribution in [1.82, 2.24) is 0 Å². The van der Waals surface area contributed by atoms with E-state index in [-0.39, 0.29) is 6.61 Å². The van der Waals surface area contributed by atoms with Gasteiger partial charge in [-0.05, 0) is 46.4 Å². The molecule has 0 fully saturated rings. The normalized spacial score (nSPS) is 11.8. The van der Waals surface area contributed by atoms with Gasteiger partial charge in [-0.1, -0.05) is 72.8 Å². The highest BCUT2D eigenvalue weighted by atomic mass is 35.5. The van der Waals surface area contributed by atoms with Crippen molar-refractivity contribution in [2.45, 2.75) is 6.42 Å². The van der Waals surface area contributed by atoms with Crippen LogP contribution in [0.4, 0.5) is 5.69 Å². The van der Waals surface area contributed by atoms with Crippen LogP contribution >= 0.6 is 11.6 Å². The van der Waals surface area contributed by atoms with Crippen molar-refractivity contribution in [2.75, 3.05) is 24.3 Å². The van der Waals surface area contributed by atoms with Crippen molar-refractivity contribution in [2.24, 2.45) is 0 Å². The van der Waals surface area contributed by atoms with Crippen molar-refractivity contribution in [3.63, 3.8) is 0 Å². The lowest BCUT2D eigenvalue weighted by molar-refractivity contribution is 0.311. The molecule has 0 atom stereocenters. The summed E-state index contributed by atoms with van der Waals surface area (Å²) in [6.07, 6.45) is 0.792. The Morgan fingerprint density at radius 1 is 0.741 bits per heavy atom. The number of hydrogen-bond acceptors (Lipinski definition) is 2. The number of benzene rings is 3. The highest BCUT2D eigenvalue weighted by Gasteiger charge is 2.13. The predicted octanol–water partition coefficient (Wildman–Crippen LogP) is 5.68. The molecule has 3 aromatic carbocycles. The van der Waals surface area contributed by atoms with Crippen molar-refractivity contribution in [3.8, 4) is 0 Å². The highest BCUT2D eigenvalue weighted by molar-refractivity contribution is 6.18. The standard InChI is InChI=1S/C24H24ClNO/c25-16-15-23(19-7-3-1-4-8-19)24(20-9-5-2-6-10-20)21-11-13-22(14-12-21)26-17-18-27/h1-14,26-27H,15-18H2/b24-23+. The summed E-state index contributed by atoms with van der Waals surface area (Å²) in [4.78, 5) is 0. The summed E-state index contributed by atoms with van der Waals surface area (Å²) in [6.45, 7) is 0.660. The molecule has 0 aliphatic carbocycles. The van der Waals surface area contributed by atoms with Crippen LogP contribution in [-0.2, 0) is 0 Å². The smallest absolute Gasteiger partial charge is 0.0604 e. The Balaban J connectivity index is 2.13. The van der Waals surface area contributed by atoms with Crippen LogP contribution in [0.5, 0.6) is 0 Å². The van der Waals surface area contributed by atoms with Crippen molar-refractivity contribution in [3.05, 3.63) is 102 Å². The number of allylic oxidation sites excluding steroid dienone is 1. The third kappa shape index (κ3) is 5.00. The monoisotopic (exact) mass is 377 g/mol. The molecule has 0 unspecified atom stereocenters. The average molecular weight is 378 g/mol. The third-order valence-corrected chi connectivity index (χ3v) is 4.63. The van der Waals surface area contributed by atoms with Crippen LogP contribution in [0.15, 0.2) is 84.9 Å². The quantitative estimate of drug-likeness (QED) is 0.391. The molecule has 2 nitrogen and oxygen atoms in total. The Morgan fingerprint density at radius 3 is 1.85 bits per heavy atom. The molecule has 0 aromatic heterocycles. The van der Waals surface area contributed by atoms with Crippen LogP contribution in [0.25, 0.3) is 11.1 Å². The maximum Gasteiger partial charge on any atom is 0.0604 e. The minimum absolute atomic E-state index is 0.116. The lowest BCUT2D eigenvalue weighted by atomic mass is 9.88. The van der Waals surface area contributed by atoms with Gasteiger partial charge in [0, 0.05) is 18.1 Å². The fourth-order valence-corrected chi connectivity index (χ4v) is 3.41. The zero-order valence-electron chi connectivity index (χ0n) is 15.2. The van der Waals surface area contributed by atoms with E-state index in [9.17, 15) is 0 Å². The Hall–Kier alpha value is -2.55. The van der Waals surface area contributed by atoms with E-state index in [1.54, 1.807) is 0 Å². The molecule has 0 aliphatic rings. The Morgan fingerprint density at radius 2 is 1.30 bits per heavy atom. The summed E-state index contributed by atoms with van der Waals surface area (Å²) in [5.74, 6) is 0.566. The second-order valence-electron chi connectivity index (χ2n) is 6.25. The second kappa shape index (κ2) is 9.96. The van der Waals surface area contributed by atoms with Gasteiger partial charge in [0.1, 0.15) is 0 Å². The fourth-order valence-electron chi connectivity index (χ4n) is 3.22. The van der Waals surface area contributed by atoms with E-state index >= 15 is 0 Å². The molecule has 0 aliphatic heterocycles. The van der Waals surface area contributed by atoms with E-state index in [0.717, 1.165) is 17.7 Å². The van der Waals surface area contributed by atoms with E-state index in [2.05, 4.69) is 78.1 Å². The summed E-state index contributed by atoms with van der Waals surface area (Å²) < 4.78 is 0. The Labute approximate surface area is 166 Å². The first-order chi connectivity index (χ1) is 13.3. The Bertz CT molecular complexity index is 858. The molecule has 0 heterocycles. The molecule has 0 saturated heterocycles. The minimum atomic E-state index is 0.116. The Kier molecular flexibility index (Phi) is 7.09. The van der Waals surface area contributed by atoms with Crippen LogP contribution in [0, 0.1) is 0 Å². The average Bonchev–Trinajstić information content (AvgIpc) is 2.74. The van der Waals surface area contributed by atoms with Crippen molar-refractivity contribution in [1.29, 1.82) is 0 Å². The topological polar surface area (TPSA) is 32.3 Å². The SMILES string of the molecule is OCCNc1ccc(/C(=C(\CCCl)c2ccccc2)c2ccccc2)cc1. The third-order valence-electron chi connectivity index (χ3n) is 4.45. The van der Waals surface area contributed by atoms with Gasteiger partial charge in [-0.2, -0.15) is 0 Å². The van der Waals surface area contributed by atoms with Crippen LogP contribution in [0.3, 0.4) is 0 Å². The van der Waals surface area contributed by atoms with Crippen LogP contribution in [-0.4, -0.2) is 24.1 Å². The maximum atomic E-state index is 8.99. The van der Waals surface area contributed by atoms with E-state index in [1.807, 2.05) is 12.1 Å². The first-order valence-corrected chi connectivity index (χ1v) is 9.72. The number of aliphatic hydroxyl groups is 1. The van der Waals surface area contributed by atoms with Crippen LogP contribution < -0.4 is 5.32 Å². The zero-order chi connectivity index (χ0) is 18.9. The largest absolute Gasteiger partial charge is 0.395 e. The number of hydrogen-bond donors (Lipinski definition) is 2. The number of alkyl halides is 1. The van der Waals surface area contributed by atoms with Gasteiger partial charge in [0.2, 0.25) is 0 Å². The highest BCUT2D eigenvalue weighted by Crippen LogP contribution is 2.35. The maximum absolute atomic E-state index is 8.99. The summed E-state index contributed by atoms with van der Waals surface area (Å²) >= 11 is 6.18. The number of anilines is 1.